The van der Waals surface area contributed by atoms with Crippen molar-refractivity contribution in [1.82, 2.24) is 5.53 Å². The molecule has 6 nitrogen and oxygen atoms in total. The number of para-hydroxylation sites is 1. The second kappa shape index (κ2) is 6.59. The van der Waals surface area contributed by atoms with Crippen molar-refractivity contribution in [1.29, 1.82) is 5.41 Å². The zero-order chi connectivity index (χ0) is 11.3. The van der Waals surface area contributed by atoms with Crippen LogP contribution in [-0.2, 0) is 0 Å². The highest BCUT2D eigenvalue weighted by molar-refractivity contribution is 6.08. The van der Waals surface area contributed by atoms with Crippen molar-refractivity contribution in [3.05, 3.63) is 30.1 Å². The van der Waals surface area contributed by atoms with Crippen molar-refractivity contribution in [3.63, 3.8) is 0 Å². The smallest absolute Gasteiger partial charge is 0.225 e. The molecule has 0 spiro atoms. The molecule has 0 unspecified atom stereocenters. The molecule has 88 valence electrons. The van der Waals surface area contributed by atoms with Gasteiger partial charge in [0.25, 0.3) is 0 Å². The Bertz CT molecular complexity index is 383. The molecule has 8 heteroatoms. The molecule has 0 radical (unpaired) electrons. The van der Waals surface area contributed by atoms with Crippen molar-refractivity contribution < 1.29 is 4.39 Å². The lowest BCUT2D eigenvalue weighted by Crippen LogP contribution is -2.39. The van der Waals surface area contributed by atoms with Crippen LogP contribution in [0.25, 0.3) is 0 Å². The van der Waals surface area contributed by atoms with Gasteiger partial charge >= 0.3 is 0 Å². The second-order valence-corrected chi connectivity index (χ2v) is 2.55. The summed E-state index contributed by atoms with van der Waals surface area (Å²) in [6, 6.07) is 5.89. The van der Waals surface area contributed by atoms with E-state index in [0.29, 0.717) is 0 Å². The minimum absolute atomic E-state index is 0. The first-order valence-electron chi connectivity index (χ1n) is 4.03. The SMILES string of the molecule is Cl.N=CN(/C(N)=N/NN)c1ccccc1F. The van der Waals surface area contributed by atoms with Gasteiger partial charge in [-0.05, 0) is 12.1 Å². The summed E-state index contributed by atoms with van der Waals surface area (Å²) in [5.74, 6) is 4.29. The highest BCUT2D eigenvalue weighted by Gasteiger charge is 2.11. The minimum Gasteiger partial charge on any atom is -0.368 e. The van der Waals surface area contributed by atoms with E-state index in [1.54, 1.807) is 6.07 Å². The summed E-state index contributed by atoms with van der Waals surface area (Å²) in [6.45, 7) is 0. The molecule has 0 fully saturated rings. The van der Waals surface area contributed by atoms with Crippen LogP contribution in [0.4, 0.5) is 10.1 Å². The van der Waals surface area contributed by atoms with E-state index in [2.05, 4.69) is 5.10 Å². The summed E-state index contributed by atoms with van der Waals surface area (Å²) in [5, 5.41) is 10.6. The maximum absolute atomic E-state index is 13.3. The lowest BCUT2D eigenvalue weighted by molar-refractivity contribution is 0.629. The molecule has 1 aromatic rings. The molecule has 0 saturated carbocycles. The third-order valence-corrected chi connectivity index (χ3v) is 1.67. The fourth-order valence-corrected chi connectivity index (χ4v) is 1.03. The molecule has 6 N–H and O–H groups in total. The number of anilines is 1. The maximum atomic E-state index is 13.3. The Balaban J connectivity index is 0.00000225. The third-order valence-electron chi connectivity index (χ3n) is 1.67. The van der Waals surface area contributed by atoms with Crippen LogP contribution in [0.2, 0.25) is 0 Å². The molecule has 0 aliphatic rings. The number of hydrogen-bond acceptors (Lipinski definition) is 4. The van der Waals surface area contributed by atoms with Crippen molar-refractivity contribution >= 4 is 30.4 Å². The Morgan fingerprint density at radius 3 is 2.62 bits per heavy atom. The van der Waals surface area contributed by atoms with E-state index < -0.39 is 5.82 Å². The molecule has 0 aliphatic heterocycles. The van der Waals surface area contributed by atoms with Crippen LogP contribution in [0.5, 0.6) is 0 Å². The predicted molar refractivity (Wildman–Crippen MR) is 63.9 cm³/mol. The Morgan fingerprint density at radius 2 is 2.12 bits per heavy atom. The van der Waals surface area contributed by atoms with Gasteiger partial charge in [0, 0.05) is 0 Å². The number of halogens is 2. The van der Waals surface area contributed by atoms with Gasteiger partial charge in [-0.15, -0.1) is 17.5 Å². The standard InChI is InChI=1S/C8H11FN6.ClH/c9-6-3-1-2-4-7(6)15(5-10)8(11)13-14-12;/h1-5,10,14H,12H2,(H2,11,13);1H. The number of hydrogen-bond donors (Lipinski definition) is 4. The average Bonchev–Trinajstić information content (AvgIpc) is 2.22. The molecule has 0 atom stereocenters. The van der Waals surface area contributed by atoms with Gasteiger partial charge in [-0.2, -0.15) is 0 Å². The molecule has 16 heavy (non-hydrogen) atoms. The van der Waals surface area contributed by atoms with Crippen LogP contribution in [0.15, 0.2) is 29.4 Å². The van der Waals surface area contributed by atoms with Crippen LogP contribution in [0.1, 0.15) is 0 Å². The number of nitrogens with two attached hydrogens (primary N) is 2. The minimum atomic E-state index is -0.504. The Kier molecular flexibility index (Phi) is 5.83. The molecule has 0 saturated heterocycles. The quantitative estimate of drug-likeness (QED) is 0.267. The van der Waals surface area contributed by atoms with E-state index in [1.807, 2.05) is 5.53 Å². The first kappa shape index (κ1) is 14.1. The van der Waals surface area contributed by atoms with Gasteiger partial charge in [0.2, 0.25) is 5.96 Å². The molecule has 0 bridgehead atoms. The number of hydrazine groups is 1. The summed E-state index contributed by atoms with van der Waals surface area (Å²) < 4.78 is 13.3. The lowest BCUT2D eigenvalue weighted by Gasteiger charge is -2.17. The predicted octanol–water partition coefficient (Wildman–Crippen LogP) is 0.354. The molecule has 0 aliphatic carbocycles. The van der Waals surface area contributed by atoms with E-state index >= 15 is 0 Å². The van der Waals surface area contributed by atoms with E-state index in [-0.39, 0.29) is 24.1 Å². The van der Waals surface area contributed by atoms with Gasteiger partial charge in [0.05, 0.1) is 12.0 Å². The van der Waals surface area contributed by atoms with Gasteiger partial charge < -0.3 is 5.73 Å². The Hall–Kier alpha value is -1.86. The number of benzene rings is 1. The molecular formula is C8H12ClFN6. The molecule has 0 aromatic heterocycles. The second-order valence-electron chi connectivity index (χ2n) is 2.55. The van der Waals surface area contributed by atoms with Gasteiger partial charge in [-0.25, -0.2) is 15.8 Å². The van der Waals surface area contributed by atoms with Crippen molar-refractivity contribution in [2.24, 2.45) is 16.7 Å². The zero-order valence-electron chi connectivity index (χ0n) is 8.22. The van der Waals surface area contributed by atoms with Crippen LogP contribution in [0, 0.1) is 11.2 Å². The third kappa shape index (κ3) is 3.07. The van der Waals surface area contributed by atoms with Gasteiger partial charge in [0.1, 0.15) is 5.82 Å². The Labute approximate surface area is 98.0 Å². The zero-order valence-corrected chi connectivity index (χ0v) is 9.04. The average molecular weight is 247 g/mol. The normalized spacial score (nSPS) is 10.2. The van der Waals surface area contributed by atoms with E-state index in [4.69, 9.17) is 17.0 Å². The van der Waals surface area contributed by atoms with Crippen molar-refractivity contribution in [3.8, 4) is 0 Å². The van der Waals surface area contributed by atoms with E-state index in [0.717, 1.165) is 11.2 Å². The number of rotatable bonds is 3. The summed E-state index contributed by atoms with van der Waals surface area (Å²) in [6.07, 6.45) is 0.842. The van der Waals surface area contributed by atoms with E-state index in [9.17, 15) is 4.39 Å². The highest BCUT2D eigenvalue weighted by Crippen LogP contribution is 2.16. The summed E-state index contributed by atoms with van der Waals surface area (Å²) in [7, 11) is 0. The van der Waals surface area contributed by atoms with Crippen LogP contribution in [0.3, 0.4) is 0 Å². The molecule has 0 amide bonds. The summed E-state index contributed by atoms with van der Waals surface area (Å²) in [5.41, 5.74) is 7.55. The van der Waals surface area contributed by atoms with Crippen LogP contribution < -0.4 is 22.0 Å². The van der Waals surface area contributed by atoms with Crippen molar-refractivity contribution in [2.45, 2.75) is 0 Å². The number of guanidine groups is 1. The van der Waals surface area contributed by atoms with E-state index in [1.165, 1.54) is 18.2 Å². The van der Waals surface area contributed by atoms with Crippen LogP contribution in [-0.4, -0.2) is 12.3 Å². The van der Waals surface area contributed by atoms with Gasteiger partial charge in [0.15, 0.2) is 0 Å². The number of nitrogens with one attached hydrogen (secondary N) is 2. The lowest BCUT2D eigenvalue weighted by atomic mass is 10.3. The first-order chi connectivity index (χ1) is 7.20. The fraction of sp³-hybridized carbons (Fsp3) is 0. The molecule has 1 rings (SSSR count). The first-order valence-corrected chi connectivity index (χ1v) is 4.03. The van der Waals surface area contributed by atoms with Crippen LogP contribution >= 0.6 is 12.4 Å². The van der Waals surface area contributed by atoms with Crippen molar-refractivity contribution in [2.75, 3.05) is 4.90 Å². The summed E-state index contributed by atoms with van der Waals surface area (Å²) >= 11 is 0. The monoisotopic (exact) mass is 246 g/mol. The van der Waals surface area contributed by atoms with Gasteiger partial charge in [-0.1, -0.05) is 12.1 Å². The fourth-order valence-electron chi connectivity index (χ4n) is 1.03. The van der Waals surface area contributed by atoms with Gasteiger partial charge in [-0.3, -0.25) is 10.3 Å². The maximum Gasteiger partial charge on any atom is 0.225 e. The number of hydrazone groups is 1. The Morgan fingerprint density at radius 1 is 1.50 bits per heavy atom. The largest absolute Gasteiger partial charge is 0.368 e. The molecular weight excluding hydrogens is 235 g/mol. The summed E-state index contributed by atoms with van der Waals surface area (Å²) in [4.78, 5) is 1.05. The topological polar surface area (TPSA) is 104 Å². The molecule has 0 heterocycles. The highest BCUT2D eigenvalue weighted by atomic mass is 35.5. The molecule has 1 aromatic carbocycles. The number of nitrogens with zero attached hydrogens (tertiary/aromatic N) is 2.